The van der Waals surface area contributed by atoms with E-state index in [0.717, 1.165) is 57.7 Å². The summed E-state index contributed by atoms with van der Waals surface area (Å²) in [5, 5.41) is 4.01. The van der Waals surface area contributed by atoms with Crippen molar-refractivity contribution < 1.29 is 18.0 Å². The predicted octanol–water partition coefficient (Wildman–Crippen LogP) is 7.38. The van der Waals surface area contributed by atoms with Crippen LogP contribution < -0.4 is 10.2 Å². The Morgan fingerprint density at radius 1 is 1.08 bits per heavy atom. The number of benzene rings is 3. The van der Waals surface area contributed by atoms with Crippen molar-refractivity contribution in [3.63, 3.8) is 0 Å². The lowest BCUT2D eigenvalue weighted by Gasteiger charge is -2.32. The van der Waals surface area contributed by atoms with Gasteiger partial charge in [-0.15, -0.1) is 0 Å². The monoisotopic (exact) mass is 493 g/mol. The first-order valence-corrected chi connectivity index (χ1v) is 11.9. The molecule has 0 fully saturated rings. The lowest BCUT2D eigenvalue weighted by Crippen LogP contribution is -2.29. The van der Waals surface area contributed by atoms with Crippen LogP contribution in [-0.4, -0.2) is 30.9 Å². The van der Waals surface area contributed by atoms with Crippen LogP contribution in [0.15, 0.2) is 42.6 Å². The number of nitrogens with zero attached hydrogens (tertiary/aromatic N) is 1. The number of ketones is 1. The Kier molecular flexibility index (Phi) is 6.85. The number of fused-ring (bicyclic) bond motifs is 1. The molecular weight excluding hydrogens is 463 g/mol. The van der Waals surface area contributed by atoms with Crippen LogP contribution in [0.25, 0.3) is 22.0 Å². The molecule has 0 radical (unpaired) electrons. The molecule has 0 amide bonds. The molecule has 188 valence electrons. The highest BCUT2D eigenvalue weighted by Gasteiger charge is 2.24. The molecule has 0 bridgehead atoms. The van der Waals surface area contributed by atoms with Gasteiger partial charge in [-0.05, 0) is 50.5 Å². The first kappa shape index (κ1) is 25.4. The van der Waals surface area contributed by atoms with E-state index >= 15 is 0 Å². The molecule has 1 atom stereocenters. The van der Waals surface area contributed by atoms with E-state index in [-0.39, 0.29) is 11.1 Å². The number of carbonyl (C=O) groups excluding carboxylic acids is 1. The average molecular weight is 494 g/mol. The number of carbonyl (C=O) groups is 1. The summed E-state index contributed by atoms with van der Waals surface area (Å²) in [4.78, 5) is 18.6. The standard InChI is InChI=1S/C29H30F3N3O/c1-7-17(4)35(6)28-16(3)11-15(2)24(27(28)33-5)20-10-8-9-19-21(14-34-26(19)20)29(36)18-12-22(30)25(32)23(31)13-18/h8-14,17,33-34H,7H2,1-6H3. The summed E-state index contributed by atoms with van der Waals surface area (Å²) >= 11 is 0. The number of rotatable bonds is 7. The van der Waals surface area contributed by atoms with Crippen LogP contribution in [0.3, 0.4) is 0 Å². The van der Waals surface area contributed by atoms with E-state index < -0.39 is 23.2 Å². The van der Waals surface area contributed by atoms with Gasteiger partial charge in [0.15, 0.2) is 23.2 Å². The number of hydrogen-bond acceptors (Lipinski definition) is 3. The molecule has 0 saturated carbocycles. The molecule has 1 heterocycles. The zero-order chi connectivity index (χ0) is 26.3. The van der Waals surface area contributed by atoms with E-state index in [4.69, 9.17) is 0 Å². The van der Waals surface area contributed by atoms with Crippen molar-refractivity contribution in [1.82, 2.24) is 4.98 Å². The van der Waals surface area contributed by atoms with Gasteiger partial charge in [0, 0.05) is 54.0 Å². The third-order valence-electron chi connectivity index (χ3n) is 7.02. The Morgan fingerprint density at radius 3 is 2.36 bits per heavy atom. The molecule has 0 aliphatic rings. The van der Waals surface area contributed by atoms with Crippen LogP contribution in [0, 0.1) is 31.3 Å². The maximum atomic E-state index is 13.8. The van der Waals surface area contributed by atoms with Gasteiger partial charge in [-0.2, -0.15) is 0 Å². The van der Waals surface area contributed by atoms with E-state index in [2.05, 4.69) is 49.1 Å². The Hall–Kier alpha value is -3.74. The summed E-state index contributed by atoms with van der Waals surface area (Å²) in [6.07, 6.45) is 2.52. The number of hydrogen-bond donors (Lipinski definition) is 2. The lowest BCUT2D eigenvalue weighted by molar-refractivity contribution is 0.103. The zero-order valence-corrected chi connectivity index (χ0v) is 21.3. The lowest BCUT2D eigenvalue weighted by atomic mass is 9.92. The Labute approximate surface area is 209 Å². The zero-order valence-electron chi connectivity index (χ0n) is 21.3. The fraction of sp³-hybridized carbons (Fsp3) is 0.276. The van der Waals surface area contributed by atoms with Crippen molar-refractivity contribution in [1.29, 1.82) is 0 Å². The van der Waals surface area contributed by atoms with Crippen LogP contribution in [-0.2, 0) is 0 Å². The van der Waals surface area contributed by atoms with Gasteiger partial charge < -0.3 is 15.2 Å². The first-order valence-electron chi connectivity index (χ1n) is 11.9. The van der Waals surface area contributed by atoms with Gasteiger partial charge in [-0.25, -0.2) is 13.2 Å². The predicted molar refractivity (Wildman–Crippen MR) is 141 cm³/mol. The smallest absolute Gasteiger partial charge is 0.195 e. The molecular formula is C29H30F3N3O. The third kappa shape index (κ3) is 4.12. The Morgan fingerprint density at radius 2 is 1.75 bits per heavy atom. The Balaban J connectivity index is 1.92. The minimum Gasteiger partial charge on any atom is -0.386 e. The minimum absolute atomic E-state index is 0.252. The van der Waals surface area contributed by atoms with Crippen LogP contribution in [0.2, 0.25) is 0 Å². The van der Waals surface area contributed by atoms with Crippen molar-refractivity contribution >= 4 is 28.1 Å². The van der Waals surface area contributed by atoms with E-state index in [1.807, 2.05) is 26.1 Å². The van der Waals surface area contributed by atoms with Gasteiger partial charge in [0.25, 0.3) is 0 Å². The molecule has 3 aromatic carbocycles. The molecule has 4 nitrogen and oxygen atoms in total. The highest BCUT2D eigenvalue weighted by Crippen LogP contribution is 2.44. The van der Waals surface area contributed by atoms with Crippen molar-refractivity contribution in [2.24, 2.45) is 0 Å². The van der Waals surface area contributed by atoms with E-state index in [1.54, 1.807) is 6.07 Å². The van der Waals surface area contributed by atoms with Crippen LogP contribution >= 0.6 is 0 Å². The first-order chi connectivity index (χ1) is 17.1. The van der Waals surface area contributed by atoms with Crippen molar-refractivity contribution in [3.8, 4) is 11.1 Å². The van der Waals surface area contributed by atoms with Crippen LogP contribution in [0.5, 0.6) is 0 Å². The number of para-hydroxylation sites is 1. The summed E-state index contributed by atoms with van der Waals surface area (Å²) in [5.74, 6) is -4.99. The minimum atomic E-state index is -1.60. The van der Waals surface area contributed by atoms with Crippen molar-refractivity contribution in [2.45, 2.75) is 40.2 Å². The van der Waals surface area contributed by atoms with Gasteiger partial charge in [0.05, 0.1) is 16.9 Å². The van der Waals surface area contributed by atoms with E-state index in [1.165, 1.54) is 6.20 Å². The Bertz CT molecular complexity index is 1450. The van der Waals surface area contributed by atoms with Crippen LogP contribution in [0.1, 0.15) is 47.3 Å². The molecule has 36 heavy (non-hydrogen) atoms. The summed E-state index contributed by atoms with van der Waals surface area (Å²) in [7, 11) is 3.98. The quantitative estimate of drug-likeness (QED) is 0.209. The average Bonchev–Trinajstić information content (AvgIpc) is 3.29. The molecule has 7 heteroatoms. The normalized spacial score (nSPS) is 12.1. The number of halogens is 3. The number of aromatic nitrogens is 1. The highest BCUT2D eigenvalue weighted by molar-refractivity contribution is 6.18. The largest absolute Gasteiger partial charge is 0.386 e. The van der Waals surface area contributed by atoms with Gasteiger partial charge in [-0.3, -0.25) is 4.79 Å². The van der Waals surface area contributed by atoms with Crippen molar-refractivity contribution in [2.75, 3.05) is 24.3 Å². The molecule has 1 unspecified atom stereocenters. The number of nitrogens with one attached hydrogen (secondary N) is 2. The fourth-order valence-electron chi connectivity index (χ4n) is 4.91. The topological polar surface area (TPSA) is 48.1 Å². The molecule has 4 aromatic rings. The summed E-state index contributed by atoms with van der Waals surface area (Å²) < 4.78 is 41.0. The maximum Gasteiger partial charge on any atom is 0.195 e. The highest BCUT2D eigenvalue weighted by atomic mass is 19.2. The number of H-pyrrole nitrogens is 1. The second kappa shape index (κ2) is 9.72. The van der Waals surface area contributed by atoms with Crippen LogP contribution in [0.4, 0.5) is 24.5 Å². The van der Waals surface area contributed by atoms with Gasteiger partial charge in [0.1, 0.15) is 0 Å². The third-order valence-corrected chi connectivity index (χ3v) is 7.02. The number of anilines is 2. The fourth-order valence-corrected chi connectivity index (χ4v) is 4.91. The van der Waals surface area contributed by atoms with Gasteiger partial charge >= 0.3 is 0 Å². The summed E-state index contributed by atoms with van der Waals surface area (Å²) in [6, 6.07) is 9.55. The SMILES string of the molecule is CCC(C)N(C)c1c(C)cc(C)c(-c2cccc3c(C(=O)c4cc(F)c(F)c(F)c4)c[nH]c23)c1NC. The molecule has 0 saturated heterocycles. The van der Waals surface area contributed by atoms with E-state index in [9.17, 15) is 18.0 Å². The van der Waals surface area contributed by atoms with Gasteiger partial charge in [-0.1, -0.05) is 31.2 Å². The van der Waals surface area contributed by atoms with Crippen molar-refractivity contribution in [3.05, 3.63) is 82.3 Å². The summed E-state index contributed by atoms with van der Waals surface area (Å²) in [5.41, 5.74) is 6.92. The number of aryl methyl sites for hydroxylation is 2. The molecule has 4 rings (SSSR count). The molecule has 1 aromatic heterocycles. The number of aromatic amines is 1. The van der Waals surface area contributed by atoms with E-state index in [0.29, 0.717) is 11.4 Å². The molecule has 2 N–H and O–H groups in total. The second-order valence-electron chi connectivity index (χ2n) is 9.24. The molecule has 0 aliphatic heterocycles. The maximum absolute atomic E-state index is 13.8. The summed E-state index contributed by atoms with van der Waals surface area (Å²) in [6.45, 7) is 8.48. The molecule has 0 aliphatic carbocycles. The molecule has 0 spiro atoms. The van der Waals surface area contributed by atoms with Gasteiger partial charge in [0.2, 0.25) is 0 Å². The second-order valence-corrected chi connectivity index (χ2v) is 9.24.